The van der Waals surface area contributed by atoms with Crippen LogP contribution in [0.5, 0.6) is 0 Å². The van der Waals surface area contributed by atoms with Crippen molar-refractivity contribution >= 4 is 11.3 Å². The summed E-state index contributed by atoms with van der Waals surface area (Å²) in [7, 11) is 2.23. The summed E-state index contributed by atoms with van der Waals surface area (Å²) in [6, 6.07) is 2.86. The Balaban J connectivity index is 2.03. The second-order valence-corrected chi connectivity index (χ2v) is 6.09. The topological polar surface area (TPSA) is 29.3 Å². The molecule has 1 heterocycles. The van der Waals surface area contributed by atoms with Crippen molar-refractivity contribution < 1.29 is 0 Å². The second kappa shape index (κ2) is 5.98. The molecular formula is C14H24N2S. The molecule has 0 aliphatic heterocycles. The van der Waals surface area contributed by atoms with Crippen LogP contribution in [-0.4, -0.2) is 24.5 Å². The third-order valence-corrected chi connectivity index (χ3v) is 4.71. The van der Waals surface area contributed by atoms with Crippen LogP contribution in [0.25, 0.3) is 0 Å². The number of likely N-dealkylation sites (N-methyl/N-ethyl adjacent to an activating group) is 1. The van der Waals surface area contributed by atoms with Crippen LogP contribution in [0.15, 0.2) is 16.8 Å². The van der Waals surface area contributed by atoms with Crippen LogP contribution in [0.3, 0.4) is 0 Å². The van der Waals surface area contributed by atoms with Crippen molar-refractivity contribution in [1.29, 1.82) is 0 Å². The fourth-order valence-electron chi connectivity index (χ4n) is 2.69. The molecule has 2 N–H and O–H groups in total. The first-order valence-corrected chi connectivity index (χ1v) is 7.64. The summed E-state index contributed by atoms with van der Waals surface area (Å²) in [6.07, 6.45) is 5.26. The molecule has 0 aromatic carbocycles. The minimum absolute atomic E-state index is 0.245. The van der Waals surface area contributed by atoms with Gasteiger partial charge in [0.15, 0.2) is 0 Å². The summed E-state index contributed by atoms with van der Waals surface area (Å²) in [4.78, 5) is 2.47. The lowest BCUT2D eigenvalue weighted by molar-refractivity contribution is 0.144. The van der Waals surface area contributed by atoms with Gasteiger partial charge in [-0.1, -0.05) is 13.3 Å². The van der Waals surface area contributed by atoms with Crippen molar-refractivity contribution in [3.63, 3.8) is 0 Å². The number of thiophene rings is 1. The van der Waals surface area contributed by atoms with Crippen molar-refractivity contribution in [3.05, 3.63) is 22.4 Å². The quantitative estimate of drug-likeness (QED) is 0.842. The van der Waals surface area contributed by atoms with Gasteiger partial charge in [-0.2, -0.15) is 11.3 Å². The first-order chi connectivity index (χ1) is 8.22. The Kier molecular flexibility index (Phi) is 4.60. The smallest absolute Gasteiger partial charge is 0.0504 e. The van der Waals surface area contributed by atoms with Crippen molar-refractivity contribution in [3.8, 4) is 0 Å². The van der Waals surface area contributed by atoms with Gasteiger partial charge in [-0.05, 0) is 54.6 Å². The van der Waals surface area contributed by atoms with E-state index in [1.807, 2.05) is 0 Å². The summed E-state index contributed by atoms with van der Waals surface area (Å²) in [5.41, 5.74) is 7.70. The average molecular weight is 252 g/mol. The van der Waals surface area contributed by atoms with Gasteiger partial charge in [0.1, 0.15) is 0 Å². The maximum absolute atomic E-state index is 6.31. The molecule has 1 fully saturated rings. The molecule has 17 heavy (non-hydrogen) atoms. The van der Waals surface area contributed by atoms with E-state index in [9.17, 15) is 0 Å². The number of hydrogen-bond donors (Lipinski definition) is 1. The van der Waals surface area contributed by atoms with Crippen LogP contribution in [-0.2, 0) is 0 Å². The highest BCUT2D eigenvalue weighted by Crippen LogP contribution is 2.31. The van der Waals surface area contributed by atoms with Crippen LogP contribution >= 0.6 is 11.3 Å². The standard InChI is InChI=1S/C14H24N2S/c1-3-13(15)14(12-7-8-17-10-12)16(2)9-11-5-4-6-11/h7-8,10-11,13-14H,3-6,9,15H2,1-2H3. The molecule has 0 bridgehead atoms. The van der Waals surface area contributed by atoms with E-state index in [1.54, 1.807) is 11.3 Å². The van der Waals surface area contributed by atoms with Crippen molar-refractivity contribution in [2.45, 2.75) is 44.7 Å². The highest BCUT2D eigenvalue weighted by atomic mass is 32.1. The summed E-state index contributed by atoms with van der Waals surface area (Å²) < 4.78 is 0. The predicted molar refractivity (Wildman–Crippen MR) is 75.3 cm³/mol. The van der Waals surface area contributed by atoms with Gasteiger partial charge >= 0.3 is 0 Å². The molecule has 3 heteroatoms. The normalized spacial score (nSPS) is 20.2. The van der Waals surface area contributed by atoms with E-state index in [-0.39, 0.29) is 6.04 Å². The third kappa shape index (κ3) is 3.09. The number of rotatable bonds is 6. The molecule has 1 aliphatic rings. The van der Waals surface area contributed by atoms with Gasteiger partial charge in [0, 0.05) is 12.6 Å². The van der Waals surface area contributed by atoms with E-state index < -0.39 is 0 Å². The lowest BCUT2D eigenvalue weighted by atomic mass is 9.84. The number of nitrogens with two attached hydrogens (primary N) is 1. The van der Waals surface area contributed by atoms with Crippen molar-refractivity contribution in [2.75, 3.05) is 13.6 Å². The average Bonchev–Trinajstić information content (AvgIpc) is 2.77. The van der Waals surface area contributed by atoms with Crippen LogP contribution in [0.2, 0.25) is 0 Å². The second-order valence-electron chi connectivity index (χ2n) is 5.31. The van der Waals surface area contributed by atoms with E-state index >= 15 is 0 Å². The van der Waals surface area contributed by atoms with Gasteiger partial charge in [-0.3, -0.25) is 4.90 Å². The molecule has 0 saturated heterocycles. The lowest BCUT2D eigenvalue weighted by Gasteiger charge is -2.37. The minimum atomic E-state index is 0.245. The van der Waals surface area contributed by atoms with E-state index in [2.05, 4.69) is 35.7 Å². The zero-order valence-corrected chi connectivity index (χ0v) is 11.7. The molecule has 2 nitrogen and oxygen atoms in total. The Morgan fingerprint density at radius 2 is 2.29 bits per heavy atom. The van der Waals surface area contributed by atoms with Crippen LogP contribution < -0.4 is 5.73 Å². The Labute approximate surface area is 109 Å². The van der Waals surface area contributed by atoms with Gasteiger partial charge < -0.3 is 5.73 Å². The first-order valence-electron chi connectivity index (χ1n) is 6.70. The summed E-state index contributed by atoms with van der Waals surface area (Å²) in [5, 5.41) is 4.40. The fourth-order valence-corrected chi connectivity index (χ4v) is 3.38. The molecule has 1 aromatic rings. The molecule has 1 saturated carbocycles. The van der Waals surface area contributed by atoms with Gasteiger partial charge in [-0.15, -0.1) is 0 Å². The van der Waals surface area contributed by atoms with Crippen molar-refractivity contribution in [2.24, 2.45) is 11.7 Å². The van der Waals surface area contributed by atoms with Gasteiger partial charge in [0.05, 0.1) is 6.04 Å². The van der Waals surface area contributed by atoms with E-state index in [1.165, 1.54) is 31.4 Å². The highest BCUT2D eigenvalue weighted by Gasteiger charge is 2.27. The maximum atomic E-state index is 6.31. The van der Waals surface area contributed by atoms with E-state index in [4.69, 9.17) is 5.73 Å². The van der Waals surface area contributed by atoms with Gasteiger partial charge in [0.2, 0.25) is 0 Å². The molecular weight excluding hydrogens is 228 g/mol. The minimum Gasteiger partial charge on any atom is -0.326 e. The zero-order valence-electron chi connectivity index (χ0n) is 10.9. The molecule has 0 radical (unpaired) electrons. The number of hydrogen-bond acceptors (Lipinski definition) is 3. The molecule has 0 spiro atoms. The molecule has 2 rings (SSSR count). The summed E-state index contributed by atoms with van der Waals surface area (Å²) in [6.45, 7) is 3.38. The van der Waals surface area contributed by atoms with Crippen molar-refractivity contribution in [1.82, 2.24) is 4.90 Å². The SMILES string of the molecule is CCC(N)C(c1ccsc1)N(C)CC1CCC1. The molecule has 1 aromatic heterocycles. The fraction of sp³-hybridized carbons (Fsp3) is 0.714. The highest BCUT2D eigenvalue weighted by molar-refractivity contribution is 7.07. The maximum Gasteiger partial charge on any atom is 0.0504 e. The van der Waals surface area contributed by atoms with Gasteiger partial charge in [-0.25, -0.2) is 0 Å². The molecule has 1 aliphatic carbocycles. The predicted octanol–water partition coefficient (Wildman–Crippen LogP) is 3.26. The lowest BCUT2D eigenvalue weighted by Crippen LogP contribution is -2.41. The van der Waals surface area contributed by atoms with Crippen LogP contribution in [0.4, 0.5) is 0 Å². The molecule has 2 atom stereocenters. The summed E-state index contributed by atoms with van der Waals surface area (Å²) in [5.74, 6) is 0.908. The van der Waals surface area contributed by atoms with E-state index in [0.29, 0.717) is 6.04 Å². The number of nitrogens with zero attached hydrogens (tertiary/aromatic N) is 1. The summed E-state index contributed by atoms with van der Waals surface area (Å²) >= 11 is 1.77. The van der Waals surface area contributed by atoms with E-state index in [0.717, 1.165) is 12.3 Å². The van der Waals surface area contributed by atoms with Crippen LogP contribution in [0, 0.1) is 5.92 Å². The molecule has 2 unspecified atom stereocenters. The molecule has 96 valence electrons. The van der Waals surface area contributed by atoms with Gasteiger partial charge in [0.25, 0.3) is 0 Å². The first kappa shape index (κ1) is 13.1. The Morgan fingerprint density at radius 3 is 2.76 bits per heavy atom. The zero-order chi connectivity index (χ0) is 12.3. The van der Waals surface area contributed by atoms with Crippen LogP contribution in [0.1, 0.15) is 44.2 Å². The Hall–Kier alpha value is -0.380. The Bertz CT molecular complexity index is 319. The largest absolute Gasteiger partial charge is 0.326 e. The monoisotopic (exact) mass is 252 g/mol. The molecule has 0 amide bonds. The Morgan fingerprint density at radius 1 is 1.53 bits per heavy atom. The third-order valence-electron chi connectivity index (χ3n) is 4.01.